The number of piperidine rings is 1. The van der Waals surface area contributed by atoms with Gasteiger partial charge in [-0.05, 0) is 43.2 Å². The third-order valence-corrected chi connectivity index (χ3v) is 5.41. The van der Waals surface area contributed by atoms with E-state index in [4.69, 9.17) is 5.73 Å². The molecule has 2 heterocycles. The molecule has 0 aliphatic carbocycles. The van der Waals surface area contributed by atoms with Gasteiger partial charge in [0.15, 0.2) is 0 Å². The van der Waals surface area contributed by atoms with Crippen LogP contribution in [0.25, 0.3) is 0 Å². The molecule has 2 N–H and O–H groups in total. The van der Waals surface area contributed by atoms with Crippen LogP contribution in [0.3, 0.4) is 0 Å². The molecule has 1 aromatic rings. The first-order valence-electron chi connectivity index (χ1n) is 9.04. The van der Waals surface area contributed by atoms with E-state index >= 15 is 0 Å². The number of amides is 3. The molecule has 2 fully saturated rings. The van der Waals surface area contributed by atoms with E-state index in [1.165, 1.54) is 16.0 Å². The lowest BCUT2D eigenvalue weighted by molar-refractivity contribution is -0.136. The van der Waals surface area contributed by atoms with Gasteiger partial charge < -0.3 is 15.5 Å². The van der Waals surface area contributed by atoms with Gasteiger partial charge in [-0.1, -0.05) is 31.2 Å². The number of benzene rings is 1. The standard InChI is InChI=1S/C19H27N3O2/c1-2-14-7-9-15(10-8-14)16-5-3-11-21(13-16)18(23)17-6-4-12-22(17)19(20)24/h7-10,16-17H,2-6,11-13H2,1H3,(H2,20,24)/t16?,17-/m0/s1. The Balaban J connectivity index is 1.68. The van der Waals surface area contributed by atoms with E-state index in [0.29, 0.717) is 12.5 Å². The van der Waals surface area contributed by atoms with E-state index in [-0.39, 0.29) is 11.9 Å². The van der Waals surface area contributed by atoms with Gasteiger partial charge in [0, 0.05) is 25.6 Å². The number of carbonyl (C=O) groups excluding carboxylic acids is 2. The summed E-state index contributed by atoms with van der Waals surface area (Å²) in [4.78, 5) is 27.9. The Labute approximate surface area is 143 Å². The van der Waals surface area contributed by atoms with Crippen LogP contribution in [0.15, 0.2) is 24.3 Å². The minimum Gasteiger partial charge on any atom is -0.351 e. The molecule has 2 aliphatic heterocycles. The highest BCUT2D eigenvalue weighted by Crippen LogP contribution is 2.29. The van der Waals surface area contributed by atoms with Crippen molar-refractivity contribution in [2.75, 3.05) is 19.6 Å². The van der Waals surface area contributed by atoms with Crippen LogP contribution in [-0.2, 0) is 11.2 Å². The lowest BCUT2D eigenvalue weighted by Gasteiger charge is -2.36. The van der Waals surface area contributed by atoms with Gasteiger partial charge >= 0.3 is 6.03 Å². The Morgan fingerprint density at radius 3 is 2.50 bits per heavy atom. The fourth-order valence-corrected chi connectivity index (χ4v) is 3.97. The second-order valence-electron chi connectivity index (χ2n) is 6.91. The van der Waals surface area contributed by atoms with Crippen molar-refractivity contribution in [2.24, 2.45) is 5.73 Å². The summed E-state index contributed by atoms with van der Waals surface area (Å²) in [6.07, 6.45) is 4.75. The minimum atomic E-state index is -0.477. The Bertz CT molecular complexity index is 599. The maximum Gasteiger partial charge on any atom is 0.315 e. The fourth-order valence-electron chi connectivity index (χ4n) is 3.97. The van der Waals surface area contributed by atoms with Crippen LogP contribution >= 0.6 is 0 Å². The van der Waals surface area contributed by atoms with Gasteiger partial charge in [0.05, 0.1) is 0 Å². The molecule has 24 heavy (non-hydrogen) atoms. The molecule has 3 amide bonds. The molecular weight excluding hydrogens is 302 g/mol. The molecule has 0 radical (unpaired) electrons. The normalized spacial score (nSPS) is 24.2. The van der Waals surface area contributed by atoms with E-state index in [2.05, 4.69) is 31.2 Å². The zero-order valence-electron chi connectivity index (χ0n) is 14.4. The van der Waals surface area contributed by atoms with Crippen molar-refractivity contribution in [3.05, 3.63) is 35.4 Å². The van der Waals surface area contributed by atoms with E-state index in [1.54, 1.807) is 0 Å². The lowest BCUT2D eigenvalue weighted by Crippen LogP contribution is -2.51. The van der Waals surface area contributed by atoms with Gasteiger partial charge in [0.25, 0.3) is 0 Å². The Morgan fingerprint density at radius 1 is 1.12 bits per heavy atom. The van der Waals surface area contributed by atoms with Gasteiger partial charge in [0.2, 0.25) is 5.91 Å². The second kappa shape index (κ2) is 7.24. The highest BCUT2D eigenvalue weighted by molar-refractivity contribution is 5.87. The van der Waals surface area contributed by atoms with Gasteiger partial charge in [-0.3, -0.25) is 4.79 Å². The van der Waals surface area contributed by atoms with Crippen molar-refractivity contribution < 1.29 is 9.59 Å². The molecule has 0 spiro atoms. The number of rotatable bonds is 3. The highest BCUT2D eigenvalue weighted by Gasteiger charge is 2.37. The average molecular weight is 329 g/mol. The first-order valence-corrected chi connectivity index (χ1v) is 9.04. The van der Waals surface area contributed by atoms with Crippen LogP contribution in [0, 0.1) is 0 Å². The zero-order valence-corrected chi connectivity index (χ0v) is 14.4. The average Bonchev–Trinajstić information content (AvgIpc) is 3.11. The van der Waals surface area contributed by atoms with Crippen LogP contribution in [0.4, 0.5) is 4.79 Å². The van der Waals surface area contributed by atoms with Crippen LogP contribution in [-0.4, -0.2) is 47.4 Å². The topological polar surface area (TPSA) is 66.6 Å². The number of hydrogen-bond acceptors (Lipinski definition) is 2. The molecule has 130 valence electrons. The highest BCUT2D eigenvalue weighted by atomic mass is 16.2. The van der Waals surface area contributed by atoms with E-state index in [0.717, 1.165) is 45.2 Å². The number of hydrogen-bond donors (Lipinski definition) is 1. The van der Waals surface area contributed by atoms with Crippen molar-refractivity contribution in [1.82, 2.24) is 9.80 Å². The van der Waals surface area contributed by atoms with Crippen molar-refractivity contribution >= 4 is 11.9 Å². The summed E-state index contributed by atoms with van der Waals surface area (Å²) in [7, 11) is 0. The number of likely N-dealkylation sites (tertiary alicyclic amines) is 2. The number of aryl methyl sites for hydroxylation is 1. The predicted octanol–water partition coefficient (Wildman–Crippen LogP) is 2.50. The van der Waals surface area contributed by atoms with Gasteiger partial charge in [0.1, 0.15) is 6.04 Å². The smallest absolute Gasteiger partial charge is 0.315 e. The largest absolute Gasteiger partial charge is 0.351 e. The molecule has 2 aliphatic rings. The molecule has 1 unspecified atom stereocenters. The minimum absolute atomic E-state index is 0.0705. The second-order valence-corrected chi connectivity index (χ2v) is 6.91. The van der Waals surface area contributed by atoms with Crippen molar-refractivity contribution in [1.29, 1.82) is 0 Å². The summed E-state index contributed by atoms with van der Waals surface area (Å²) in [6.45, 7) is 4.28. The van der Waals surface area contributed by atoms with Crippen LogP contribution in [0.1, 0.15) is 49.7 Å². The number of nitrogens with two attached hydrogens (primary N) is 1. The van der Waals surface area contributed by atoms with E-state index in [9.17, 15) is 9.59 Å². The summed E-state index contributed by atoms with van der Waals surface area (Å²) in [5, 5.41) is 0. The molecule has 5 nitrogen and oxygen atoms in total. The van der Waals surface area contributed by atoms with Crippen molar-refractivity contribution in [2.45, 2.75) is 51.0 Å². The monoisotopic (exact) mass is 329 g/mol. The Hall–Kier alpha value is -2.04. The van der Waals surface area contributed by atoms with Gasteiger partial charge in [-0.15, -0.1) is 0 Å². The number of primary amides is 1. The number of urea groups is 1. The lowest BCUT2D eigenvalue weighted by atomic mass is 9.89. The summed E-state index contributed by atoms with van der Waals surface area (Å²) in [5.74, 6) is 0.457. The van der Waals surface area contributed by atoms with Gasteiger partial charge in [-0.25, -0.2) is 4.79 Å². The van der Waals surface area contributed by atoms with E-state index in [1.807, 2.05) is 4.90 Å². The Kier molecular flexibility index (Phi) is 5.07. The maximum absolute atomic E-state index is 12.9. The number of carbonyl (C=O) groups is 2. The number of nitrogens with zero attached hydrogens (tertiary/aromatic N) is 2. The molecule has 5 heteroatoms. The molecule has 0 aromatic heterocycles. The van der Waals surface area contributed by atoms with Gasteiger partial charge in [-0.2, -0.15) is 0 Å². The molecule has 0 bridgehead atoms. The summed E-state index contributed by atoms with van der Waals surface area (Å²) in [5.41, 5.74) is 8.06. The molecule has 3 rings (SSSR count). The molecule has 2 saturated heterocycles. The van der Waals surface area contributed by atoms with Crippen LogP contribution in [0.5, 0.6) is 0 Å². The third kappa shape index (κ3) is 3.40. The van der Waals surface area contributed by atoms with Crippen molar-refractivity contribution in [3.63, 3.8) is 0 Å². The summed E-state index contributed by atoms with van der Waals surface area (Å²) in [6, 6.07) is 7.92. The Morgan fingerprint density at radius 2 is 1.83 bits per heavy atom. The molecule has 2 atom stereocenters. The van der Waals surface area contributed by atoms with Crippen LogP contribution < -0.4 is 5.73 Å². The SMILES string of the molecule is CCc1ccc(C2CCCN(C(=O)[C@@H]3CCCN3C(N)=O)C2)cc1. The van der Waals surface area contributed by atoms with Crippen molar-refractivity contribution in [3.8, 4) is 0 Å². The molecule has 1 aromatic carbocycles. The maximum atomic E-state index is 12.9. The third-order valence-electron chi connectivity index (χ3n) is 5.41. The predicted molar refractivity (Wildman–Crippen MR) is 93.7 cm³/mol. The zero-order chi connectivity index (χ0) is 17.1. The van der Waals surface area contributed by atoms with Crippen LogP contribution in [0.2, 0.25) is 0 Å². The first kappa shape index (κ1) is 16.8. The fraction of sp³-hybridized carbons (Fsp3) is 0.579. The quantitative estimate of drug-likeness (QED) is 0.926. The summed E-state index contributed by atoms with van der Waals surface area (Å²) < 4.78 is 0. The molecule has 0 saturated carbocycles. The summed E-state index contributed by atoms with van der Waals surface area (Å²) >= 11 is 0. The van der Waals surface area contributed by atoms with E-state index < -0.39 is 6.03 Å². The molecular formula is C19H27N3O2. The first-order chi connectivity index (χ1) is 11.6.